The second kappa shape index (κ2) is 17.9. The second-order valence-corrected chi connectivity index (χ2v) is 15.7. The molecule has 0 spiro atoms. The molecule has 0 saturated carbocycles. The number of nitrogens with zero attached hydrogens (tertiary/aromatic N) is 1. The summed E-state index contributed by atoms with van der Waals surface area (Å²) in [6, 6.07) is 18.4. The van der Waals surface area contributed by atoms with Crippen LogP contribution in [0.2, 0.25) is 0 Å². The van der Waals surface area contributed by atoms with Crippen molar-refractivity contribution in [2.75, 3.05) is 26.4 Å². The Bertz CT molecular complexity index is 2290. The molecule has 1 aromatic heterocycles. The number of aromatic amines is 1. The minimum absolute atomic E-state index is 0.00313. The third-order valence-electron chi connectivity index (χ3n) is 9.01. The molecule has 0 radical (unpaired) electrons. The van der Waals surface area contributed by atoms with Crippen molar-refractivity contribution in [3.63, 3.8) is 0 Å². The summed E-state index contributed by atoms with van der Waals surface area (Å²) >= 11 is 0. The normalized spacial score (nSPS) is 21.2. The molecule has 6 rings (SSSR count). The monoisotopic (exact) mass is 834 g/mol. The predicted molar refractivity (Wildman–Crippen MR) is 197 cm³/mol. The highest BCUT2D eigenvalue weighted by molar-refractivity contribution is 7.60. The zero-order valence-corrected chi connectivity index (χ0v) is 32.0. The van der Waals surface area contributed by atoms with Gasteiger partial charge in [0.15, 0.2) is 17.7 Å². The Morgan fingerprint density at radius 2 is 1.68 bits per heavy atom. The highest BCUT2D eigenvalue weighted by Crippen LogP contribution is 2.58. The van der Waals surface area contributed by atoms with Crippen molar-refractivity contribution in [1.29, 1.82) is 0 Å². The number of phenolic OH excluding ortho intramolecular Hbond substituents is 1. The van der Waals surface area contributed by atoms with Crippen LogP contribution in [0.5, 0.6) is 23.0 Å². The first kappa shape index (κ1) is 42.0. The number of aliphatic hydroxyl groups is 1. The Kier molecular flexibility index (Phi) is 13.2. The summed E-state index contributed by atoms with van der Waals surface area (Å²) < 4.78 is 61.7. The van der Waals surface area contributed by atoms with Gasteiger partial charge in [0.2, 0.25) is 0 Å². The first-order chi connectivity index (χ1) is 27.2. The van der Waals surface area contributed by atoms with E-state index in [1.165, 1.54) is 6.07 Å². The lowest BCUT2D eigenvalue weighted by molar-refractivity contribution is -0.0747. The van der Waals surface area contributed by atoms with Crippen molar-refractivity contribution in [3.05, 3.63) is 116 Å². The Morgan fingerprint density at radius 3 is 2.44 bits per heavy atom. The van der Waals surface area contributed by atoms with Gasteiger partial charge in [0.1, 0.15) is 29.8 Å². The summed E-state index contributed by atoms with van der Waals surface area (Å²) in [7, 11) is -10.7. The summed E-state index contributed by atoms with van der Waals surface area (Å²) in [6.07, 6.45) is -2.95. The standard InChI is InChI=1S/C36H40N2O17P2/c1-2-49-35(42)23-10-5-4-9-22(23)30-24-14-13-21(39)19-27(24)53-32-25(30)11-8-12-26(32)50-17-6-3-7-18-51-33-31(41)28(20-52-57(47,48)55-56(44,45)46)54-34(33)38-16-15-29(40)37-36(38)43/h4-5,8-16,19,28,30-31,33-34,39,41H,2-3,6-7,17-18,20H2,1H3,(H,47,48)(H,37,40,43)(H2,44,45,46)/t28-,30?,31-,33-,34-/m1/s1. The molecule has 21 heteroatoms. The number of para-hydroxylation sites is 1. The number of hydrogen-bond acceptors (Lipinski definition) is 14. The molecule has 3 aromatic carbocycles. The van der Waals surface area contributed by atoms with Gasteiger partial charge in [-0.15, -0.1) is 0 Å². The fourth-order valence-electron chi connectivity index (χ4n) is 6.58. The Labute approximate surface area is 324 Å². The van der Waals surface area contributed by atoms with E-state index in [0.29, 0.717) is 47.6 Å². The molecular formula is C36H40N2O17P2. The fraction of sp³-hybridized carbons (Fsp3) is 0.361. The first-order valence-electron chi connectivity index (χ1n) is 17.7. The van der Waals surface area contributed by atoms with E-state index in [9.17, 15) is 38.6 Å². The van der Waals surface area contributed by atoms with Crippen LogP contribution < -0.4 is 20.7 Å². The van der Waals surface area contributed by atoms with E-state index in [4.69, 9.17) is 33.5 Å². The first-order valence-corrected chi connectivity index (χ1v) is 20.7. The number of nitrogens with one attached hydrogen (secondary N) is 1. The third kappa shape index (κ3) is 10.1. The molecule has 0 amide bonds. The number of phosphoric ester groups is 1. The Morgan fingerprint density at radius 1 is 0.930 bits per heavy atom. The molecule has 2 aliphatic rings. The van der Waals surface area contributed by atoms with E-state index in [1.54, 1.807) is 37.3 Å². The number of hydrogen-bond donors (Lipinski definition) is 6. The second-order valence-electron chi connectivity index (χ2n) is 12.9. The molecule has 4 aromatic rings. The van der Waals surface area contributed by atoms with Crippen LogP contribution in [0.3, 0.4) is 0 Å². The van der Waals surface area contributed by atoms with Gasteiger partial charge in [0.05, 0.1) is 25.4 Å². The average molecular weight is 835 g/mol. The molecule has 1 saturated heterocycles. The van der Waals surface area contributed by atoms with Crippen molar-refractivity contribution in [1.82, 2.24) is 9.55 Å². The fourth-order valence-corrected chi connectivity index (χ4v) is 8.18. The molecule has 6 atom stereocenters. The molecule has 2 aliphatic heterocycles. The molecule has 0 bridgehead atoms. The van der Waals surface area contributed by atoms with E-state index < -0.39 is 69.9 Å². The van der Waals surface area contributed by atoms with Gasteiger partial charge in [-0.25, -0.2) is 18.7 Å². The summed E-state index contributed by atoms with van der Waals surface area (Å²) in [4.78, 5) is 66.7. The molecule has 2 unspecified atom stereocenters. The number of phosphoric acid groups is 2. The molecule has 6 N–H and O–H groups in total. The van der Waals surface area contributed by atoms with Crippen LogP contribution in [0.1, 0.15) is 65.4 Å². The van der Waals surface area contributed by atoms with E-state index >= 15 is 0 Å². The molecule has 1 fully saturated rings. The number of aromatic nitrogens is 2. The van der Waals surface area contributed by atoms with Gasteiger partial charge >= 0.3 is 27.3 Å². The zero-order chi connectivity index (χ0) is 40.9. The number of H-pyrrole nitrogens is 1. The van der Waals surface area contributed by atoms with Crippen LogP contribution in [0, 0.1) is 0 Å². The predicted octanol–water partition coefficient (Wildman–Crippen LogP) is 3.82. The van der Waals surface area contributed by atoms with E-state index in [0.717, 1.165) is 28.0 Å². The number of phenols is 1. The number of carbonyl (C=O) groups excluding carboxylic acids is 1. The Hall–Kier alpha value is -4.65. The molecule has 306 valence electrons. The van der Waals surface area contributed by atoms with Crippen LogP contribution in [-0.2, 0) is 32.2 Å². The van der Waals surface area contributed by atoms with Crippen LogP contribution >= 0.6 is 15.6 Å². The van der Waals surface area contributed by atoms with Gasteiger partial charge in [0, 0.05) is 42.0 Å². The maximum absolute atomic E-state index is 13.0. The quantitative estimate of drug-likeness (QED) is 0.0441. The maximum atomic E-state index is 13.0. The number of carbonyl (C=O) groups is 1. The van der Waals surface area contributed by atoms with Crippen LogP contribution in [0.25, 0.3) is 0 Å². The van der Waals surface area contributed by atoms with Gasteiger partial charge in [-0.2, -0.15) is 4.31 Å². The number of aromatic hydroxyl groups is 1. The summed E-state index contributed by atoms with van der Waals surface area (Å²) in [5.74, 6) is 0.329. The number of rotatable bonds is 17. The summed E-state index contributed by atoms with van der Waals surface area (Å²) in [6.45, 7) is 1.34. The van der Waals surface area contributed by atoms with Gasteiger partial charge in [-0.05, 0) is 49.9 Å². The molecule has 57 heavy (non-hydrogen) atoms. The number of unbranched alkanes of at least 4 members (excludes halogenated alkanes) is 2. The van der Waals surface area contributed by atoms with Gasteiger partial charge in [0.25, 0.3) is 5.56 Å². The SMILES string of the molecule is CCOC(=O)c1ccccc1C1c2ccc(O)cc2Oc2c(OCCCCCO[C@@H]3[C@H](O)[C@@H](COP(=O)(O)OP(=O)(O)O)O[C@H]3n3ccc(=O)[nH]c3=O)cccc21. The maximum Gasteiger partial charge on any atom is 0.481 e. The topological polar surface area (TPSA) is 272 Å². The van der Waals surface area contributed by atoms with Crippen LogP contribution in [0.15, 0.2) is 82.5 Å². The van der Waals surface area contributed by atoms with Crippen molar-refractivity contribution in [3.8, 4) is 23.0 Å². The summed E-state index contributed by atoms with van der Waals surface area (Å²) in [5.41, 5.74) is 0.967. The van der Waals surface area contributed by atoms with Crippen molar-refractivity contribution < 1.29 is 71.3 Å². The number of aliphatic hydroxyl groups excluding tert-OH is 1. The minimum Gasteiger partial charge on any atom is -0.508 e. The van der Waals surface area contributed by atoms with E-state index in [-0.39, 0.29) is 25.6 Å². The van der Waals surface area contributed by atoms with Crippen molar-refractivity contribution in [2.45, 2.75) is 56.6 Å². The Balaban J connectivity index is 1.10. The number of benzene rings is 3. The van der Waals surface area contributed by atoms with Crippen LogP contribution in [0.4, 0.5) is 0 Å². The van der Waals surface area contributed by atoms with E-state index in [2.05, 4.69) is 13.8 Å². The average Bonchev–Trinajstić information content (AvgIpc) is 3.45. The molecular weight excluding hydrogens is 794 g/mol. The van der Waals surface area contributed by atoms with Crippen molar-refractivity contribution >= 4 is 21.6 Å². The molecule has 3 heterocycles. The molecule has 19 nitrogen and oxygen atoms in total. The highest BCUT2D eigenvalue weighted by Gasteiger charge is 2.47. The number of ether oxygens (including phenoxy) is 5. The van der Waals surface area contributed by atoms with Gasteiger partial charge in [-0.3, -0.25) is 18.9 Å². The number of fused-ring (bicyclic) bond motifs is 2. The summed E-state index contributed by atoms with van der Waals surface area (Å²) in [5, 5.41) is 21.3. The third-order valence-corrected chi connectivity index (χ3v) is 11.2. The number of esters is 1. The lowest BCUT2D eigenvalue weighted by Gasteiger charge is -2.30. The lowest BCUT2D eigenvalue weighted by atomic mass is 9.80. The highest BCUT2D eigenvalue weighted by atomic mass is 31.3. The largest absolute Gasteiger partial charge is 0.508 e. The molecule has 0 aliphatic carbocycles. The lowest BCUT2D eigenvalue weighted by Crippen LogP contribution is -2.39. The van der Waals surface area contributed by atoms with E-state index in [1.807, 2.05) is 24.3 Å². The van der Waals surface area contributed by atoms with Gasteiger partial charge < -0.3 is 48.6 Å². The minimum atomic E-state index is -5.41. The van der Waals surface area contributed by atoms with Crippen molar-refractivity contribution in [2.24, 2.45) is 0 Å². The smallest absolute Gasteiger partial charge is 0.481 e. The van der Waals surface area contributed by atoms with Crippen LogP contribution in [-0.4, -0.2) is 85.2 Å². The van der Waals surface area contributed by atoms with Gasteiger partial charge in [-0.1, -0.05) is 36.4 Å². The zero-order valence-electron chi connectivity index (χ0n) is 30.2.